The van der Waals surface area contributed by atoms with Gasteiger partial charge in [0, 0.05) is 12.1 Å². The zero-order chi connectivity index (χ0) is 14.5. The standard InChI is InChI=1S/C12H17ClN4O3/c1-3-14-8-6-20-5-7(8)11(18)17-12-15-9(13)4-10(16-12)19-2/h4,7-8,14H,3,5-6H2,1-2H3,(H,15,16,17,18). The number of carbonyl (C=O) groups is 1. The van der Waals surface area contributed by atoms with Gasteiger partial charge in [-0.2, -0.15) is 4.98 Å². The summed E-state index contributed by atoms with van der Waals surface area (Å²) < 4.78 is 10.3. The highest BCUT2D eigenvalue weighted by molar-refractivity contribution is 6.29. The van der Waals surface area contributed by atoms with Crippen molar-refractivity contribution in [3.05, 3.63) is 11.2 Å². The van der Waals surface area contributed by atoms with Crippen LogP contribution >= 0.6 is 11.6 Å². The summed E-state index contributed by atoms with van der Waals surface area (Å²) >= 11 is 5.83. The summed E-state index contributed by atoms with van der Waals surface area (Å²) in [6.45, 7) is 3.66. The van der Waals surface area contributed by atoms with Crippen LogP contribution in [0, 0.1) is 5.92 Å². The molecular formula is C12H17ClN4O3. The summed E-state index contributed by atoms with van der Waals surface area (Å²) in [4.78, 5) is 20.2. The van der Waals surface area contributed by atoms with Gasteiger partial charge in [-0.3, -0.25) is 10.1 Å². The maximum Gasteiger partial charge on any atom is 0.234 e. The molecule has 1 saturated heterocycles. The van der Waals surface area contributed by atoms with E-state index >= 15 is 0 Å². The molecule has 1 aromatic rings. The molecule has 0 spiro atoms. The van der Waals surface area contributed by atoms with E-state index in [-0.39, 0.29) is 29.0 Å². The minimum Gasteiger partial charge on any atom is -0.481 e. The third-order valence-electron chi connectivity index (χ3n) is 3.00. The highest BCUT2D eigenvalue weighted by Crippen LogP contribution is 2.19. The van der Waals surface area contributed by atoms with E-state index in [9.17, 15) is 4.79 Å². The van der Waals surface area contributed by atoms with Crippen LogP contribution in [0.1, 0.15) is 6.92 Å². The molecule has 8 heteroatoms. The molecule has 0 aliphatic carbocycles. The van der Waals surface area contributed by atoms with E-state index in [1.165, 1.54) is 13.2 Å². The zero-order valence-electron chi connectivity index (χ0n) is 11.4. The topological polar surface area (TPSA) is 85.4 Å². The Kier molecular flexibility index (Phi) is 5.11. The smallest absolute Gasteiger partial charge is 0.234 e. The summed E-state index contributed by atoms with van der Waals surface area (Å²) in [5.74, 6) is -0.0472. The summed E-state index contributed by atoms with van der Waals surface area (Å²) in [5.41, 5.74) is 0. The van der Waals surface area contributed by atoms with Crippen LogP contribution in [0.15, 0.2) is 6.07 Å². The number of likely N-dealkylation sites (N-methyl/N-ethyl adjacent to an activating group) is 1. The predicted octanol–water partition coefficient (Wildman–Crippen LogP) is 0.702. The lowest BCUT2D eigenvalue weighted by molar-refractivity contribution is -0.120. The fraction of sp³-hybridized carbons (Fsp3) is 0.583. The van der Waals surface area contributed by atoms with E-state index < -0.39 is 0 Å². The third-order valence-corrected chi connectivity index (χ3v) is 3.19. The van der Waals surface area contributed by atoms with Crippen LogP contribution in [0.5, 0.6) is 5.88 Å². The maximum absolute atomic E-state index is 12.2. The van der Waals surface area contributed by atoms with Gasteiger partial charge in [-0.05, 0) is 6.54 Å². The number of hydrogen-bond donors (Lipinski definition) is 2. The molecule has 110 valence electrons. The van der Waals surface area contributed by atoms with Crippen LogP contribution in [0.3, 0.4) is 0 Å². The number of methoxy groups -OCH3 is 1. The monoisotopic (exact) mass is 300 g/mol. The SMILES string of the molecule is CCNC1COCC1C(=O)Nc1nc(Cl)cc(OC)n1. The Balaban J connectivity index is 2.05. The van der Waals surface area contributed by atoms with Gasteiger partial charge in [0.25, 0.3) is 0 Å². The average Bonchev–Trinajstić information content (AvgIpc) is 2.86. The lowest BCUT2D eigenvalue weighted by atomic mass is 10.0. The van der Waals surface area contributed by atoms with Gasteiger partial charge in [0.2, 0.25) is 17.7 Å². The van der Waals surface area contributed by atoms with Crippen LogP contribution in [0.25, 0.3) is 0 Å². The van der Waals surface area contributed by atoms with Crippen molar-refractivity contribution in [3.8, 4) is 5.88 Å². The number of nitrogens with one attached hydrogen (secondary N) is 2. The molecule has 2 atom stereocenters. The van der Waals surface area contributed by atoms with E-state index in [2.05, 4.69) is 20.6 Å². The molecule has 20 heavy (non-hydrogen) atoms. The largest absolute Gasteiger partial charge is 0.481 e. The molecule has 0 radical (unpaired) electrons. The third kappa shape index (κ3) is 3.56. The normalized spacial score (nSPS) is 21.8. The van der Waals surface area contributed by atoms with Gasteiger partial charge in [-0.15, -0.1) is 0 Å². The number of amides is 1. The Morgan fingerprint density at radius 3 is 3.05 bits per heavy atom. The second-order valence-electron chi connectivity index (χ2n) is 4.35. The molecule has 2 rings (SSSR count). The molecule has 1 aliphatic heterocycles. The van der Waals surface area contributed by atoms with Gasteiger partial charge in [0.05, 0.1) is 26.2 Å². The number of nitrogens with zero attached hydrogens (tertiary/aromatic N) is 2. The molecule has 7 nitrogen and oxygen atoms in total. The first-order chi connectivity index (χ1) is 9.63. The number of anilines is 1. The number of aromatic nitrogens is 2. The second kappa shape index (κ2) is 6.83. The van der Waals surface area contributed by atoms with Gasteiger partial charge >= 0.3 is 0 Å². The van der Waals surface area contributed by atoms with E-state index in [4.69, 9.17) is 21.1 Å². The van der Waals surface area contributed by atoms with Crippen molar-refractivity contribution in [2.24, 2.45) is 5.92 Å². The summed E-state index contributed by atoms with van der Waals surface area (Å²) in [5, 5.41) is 6.07. The first-order valence-electron chi connectivity index (χ1n) is 6.34. The number of hydrogen-bond acceptors (Lipinski definition) is 6. The van der Waals surface area contributed by atoms with Crippen LogP contribution < -0.4 is 15.4 Å². The first-order valence-corrected chi connectivity index (χ1v) is 6.72. The summed E-state index contributed by atoms with van der Waals surface area (Å²) in [6.07, 6.45) is 0. The summed E-state index contributed by atoms with van der Waals surface area (Å²) in [7, 11) is 1.47. The van der Waals surface area contributed by atoms with Crippen LogP contribution in [-0.4, -0.2) is 48.8 Å². The van der Waals surface area contributed by atoms with E-state index in [1.807, 2.05) is 6.92 Å². The van der Waals surface area contributed by atoms with Gasteiger partial charge in [0.1, 0.15) is 5.15 Å². The second-order valence-corrected chi connectivity index (χ2v) is 4.74. The minimum atomic E-state index is -0.275. The lowest BCUT2D eigenvalue weighted by Crippen LogP contribution is -2.41. The molecule has 0 bridgehead atoms. The maximum atomic E-state index is 12.2. The molecule has 1 aromatic heterocycles. The molecule has 2 N–H and O–H groups in total. The van der Waals surface area contributed by atoms with Crippen molar-refractivity contribution in [1.29, 1.82) is 0 Å². The van der Waals surface area contributed by atoms with Crippen molar-refractivity contribution < 1.29 is 14.3 Å². The van der Waals surface area contributed by atoms with Gasteiger partial charge in [0.15, 0.2) is 0 Å². The highest BCUT2D eigenvalue weighted by Gasteiger charge is 2.33. The molecule has 0 saturated carbocycles. The zero-order valence-corrected chi connectivity index (χ0v) is 12.1. The van der Waals surface area contributed by atoms with Crippen molar-refractivity contribution in [2.75, 3.05) is 32.2 Å². The molecule has 1 aliphatic rings. The van der Waals surface area contributed by atoms with Crippen molar-refractivity contribution in [3.63, 3.8) is 0 Å². The lowest BCUT2D eigenvalue weighted by Gasteiger charge is -2.17. The van der Waals surface area contributed by atoms with E-state index in [0.29, 0.717) is 19.1 Å². The van der Waals surface area contributed by atoms with Crippen molar-refractivity contribution >= 4 is 23.5 Å². The Bertz CT molecular complexity index is 486. The molecule has 1 amide bonds. The van der Waals surface area contributed by atoms with Crippen molar-refractivity contribution in [1.82, 2.24) is 15.3 Å². The minimum absolute atomic E-state index is 0.001000. The quantitative estimate of drug-likeness (QED) is 0.779. The van der Waals surface area contributed by atoms with Crippen LogP contribution in [0.4, 0.5) is 5.95 Å². The van der Waals surface area contributed by atoms with Crippen LogP contribution in [0.2, 0.25) is 5.15 Å². The Morgan fingerprint density at radius 1 is 1.55 bits per heavy atom. The Labute approximate surface area is 122 Å². The molecule has 2 heterocycles. The summed E-state index contributed by atoms with van der Waals surface area (Å²) in [6, 6.07) is 1.47. The number of ether oxygens (including phenoxy) is 2. The van der Waals surface area contributed by atoms with E-state index in [1.54, 1.807) is 0 Å². The molecular weight excluding hydrogens is 284 g/mol. The van der Waals surface area contributed by atoms with E-state index in [0.717, 1.165) is 6.54 Å². The van der Waals surface area contributed by atoms with Gasteiger partial charge in [-0.1, -0.05) is 18.5 Å². The first kappa shape index (κ1) is 15.0. The number of halogens is 1. The number of carbonyl (C=O) groups excluding carboxylic acids is 1. The Morgan fingerprint density at radius 2 is 2.35 bits per heavy atom. The fourth-order valence-electron chi connectivity index (χ4n) is 2.04. The van der Waals surface area contributed by atoms with Crippen molar-refractivity contribution in [2.45, 2.75) is 13.0 Å². The highest BCUT2D eigenvalue weighted by atomic mass is 35.5. The predicted molar refractivity (Wildman–Crippen MR) is 74.0 cm³/mol. The average molecular weight is 301 g/mol. The molecule has 1 fully saturated rings. The van der Waals surface area contributed by atoms with Gasteiger partial charge in [-0.25, -0.2) is 4.98 Å². The Hall–Kier alpha value is -1.44. The number of rotatable bonds is 5. The van der Waals surface area contributed by atoms with Crippen LogP contribution in [-0.2, 0) is 9.53 Å². The molecule has 0 aromatic carbocycles. The van der Waals surface area contributed by atoms with Gasteiger partial charge < -0.3 is 14.8 Å². The molecule has 2 unspecified atom stereocenters. The fourth-order valence-corrected chi connectivity index (χ4v) is 2.21.